The first-order valence-corrected chi connectivity index (χ1v) is 7.67. The third-order valence-corrected chi connectivity index (χ3v) is 4.10. The Balaban J connectivity index is 1.95. The zero-order valence-corrected chi connectivity index (χ0v) is 12.4. The molecule has 1 unspecified atom stereocenters. The maximum absolute atomic E-state index is 12.6. The van der Waals surface area contributed by atoms with Crippen LogP contribution in [0, 0.1) is 0 Å². The lowest BCUT2D eigenvalue weighted by Gasteiger charge is -2.35. The largest absolute Gasteiger partial charge is 0.348 e. The van der Waals surface area contributed by atoms with Gasteiger partial charge in [0, 0.05) is 25.1 Å². The number of hydrogen-bond donors (Lipinski definition) is 1. The van der Waals surface area contributed by atoms with Crippen LogP contribution in [0.5, 0.6) is 0 Å². The van der Waals surface area contributed by atoms with Crippen molar-refractivity contribution in [2.45, 2.75) is 38.6 Å². The monoisotopic (exact) mass is 283 g/mol. The summed E-state index contributed by atoms with van der Waals surface area (Å²) in [5.41, 5.74) is 3.29. The zero-order chi connectivity index (χ0) is 14.7. The highest BCUT2D eigenvalue weighted by Crippen LogP contribution is 2.33. The predicted molar refractivity (Wildman–Crippen MR) is 81.8 cm³/mol. The molecule has 1 atom stereocenters. The number of H-pyrrole nitrogens is 1. The molecule has 0 bridgehead atoms. The van der Waals surface area contributed by atoms with Gasteiger partial charge in [0.15, 0.2) is 0 Å². The van der Waals surface area contributed by atoms with Gasteiger partial charge in [-0.05, 0) is 12.0 Å². The fourth-order valence-corrected chi connectivity index (χ4v) is 2.99. The van der Waals surface area contributed by atoms with Gasteiger partial charge >= 0.3 is 0 Å². The summed E-state index contributed by atoms with van der Waals surface area (Å²) in [5, 5.41) is 0. The second-order valence-electron chi connectivity index (χ2n) is 5.52. The molecule has 4 nitrogen and oxygen atoms in total. The summed E-state index contributed by atoms with van der Waals surface area (Å²) in [6.45, 7) is 2.88. The first-order chi connectivity index (χ1) is 10.3. The molecular formula is C17H21N3O. The minimum atomic E-state index is -0.0504. The summed E-state index contributed by atoms with van der Waals surface area (Å²) in [6.07, 6.45) is 5.21. The van der Waals surface area contributed by atoms with Gasteiger partial charge < -0.3 is 9.88 Å². The molecule has 1 amide bonds. The summed E-state index contributed by atoms with van der Waals surface area (Å²) >= 11 is 0. The average molecular weight is 283 g/mol. The molecule has 4 heteroatoms. The minimum absolute atomic E-state index is 0.0504. The van der Waals surface area contributed by atoms with Crippen LogP contribution < -0.4 is 0 Å². The van der Waals surface area contributed by atoms with E-state index < -0.39 is 0 Å². The second kappa shape index (κ2) is 6.12. The van der Waals surface area contributed by atoms with Crippen molar-refractivity contribution in [3.63, 3.8) is 0 Å². The molecule has 0 saturated heterocycles. The zero-order valence-electron chi connectivity index (χ0n) is 12.4. The molecule has 2 heterocycles. The van der Waals surface area contributed by atoms with Gasteiger partial charge in [-0.25, -0.2) is 4.98 Å². The Labute approximate surface area is 125 Å². The Morgan fingerprint density at radius 3 is 2.95 bits per heavy atom. The summed E-state index contributed by atoms with van der Waals surface area (Å²) in [7, 11) is 0. The number of nitrogens with zero attached hydrogens (tertiary/aromatic N) is 2. The molecule has 1 aliphatic heterocycles. The highest BCUT2D eigenvalue weighted by atomic mass is 16.2. The van der Waals surface area contributed by atoms with Gasteiger partial charge in [0.25, 0.3) is 0 Å². The standard InChI is InChI=1S/C17H21N3O/c1-2-3-9-15(21)20-11-10-14-16(19-12-18-14)17(20)13-7-5-4-6-8-13/h4-8,12,17H,2-3,9-11H2,1H3,(H,18,19). The lowest BCUT2D eigenvalue weighted by atomic mass is 9.95. The van der Waals surface area contributed by atoms with E-state index in [0.29, 0.717) is 6.42 Å². The minimum Gasteiger partial charge on any atom is -0.348 e. The van der Waals surface area contributed by atoms with Gasteiger partial charge in [0.2, 0.25) is 5.91 Å². The predicted octanol–water partition coefficient (Wildman–Crippen LogP) is 3.07. The van der Waals surface area contributed by atoms with E-state index in [1.54, 1.807) is 6.33 Å². The molecule has 0 radical (unpaired) electrons. The summed E-state index contributed by atoms with van der Waals surface area (Å²) in [6, 6.07) is 10.1. The van der Waals surface area contributed by atoms with Crippen molar-refractivity contribution in [1.82, 2.24) is 14.9 Å². The summed E-state index contributed by atoms with van der Waals surface area (Å²) in [4.78, 5) is 22.2. The van der Waals surface area contributed by atoms with Gasteiger partial charge in [0.1, 0.15) is 6.04 Å². The van der Waals surface area contributed by atoms with Gasteiger partial charge in [0.05, 0.1) is 12.0 Å². The first kappa shape index (κ1) is 13.9. The maximum Gasteiger partial charge on any atom is 0.223 e. The van der Waals surface area contributed by atoms with Crippen molar-refractivity contribution in [3.8, 4) is 0 Å². The lowest BCUT2D eigenvalue weighted by molar-refractivity contribution is -0.133. The molecule has 0 spiro atoms. The molecule has 2 aromatic rings. The van der Waals surface area contributed by atoms with Crippen molar-refractivity contribution in [3.05, 3.63) is 53.6 Å². The first-order valence-electron chi connectivity index (χ1n) is 7.67. The van der Waals surface area contributed by atoms with Crippen LogP contribution in [0.4, 0.5) is 0 Å². The Morgan fingerprint density at radius 1 is 1.38 bits per heavy atom. The number of nitrogens with one attached hydrogen (secondary N) is 1. The van der Waals surface area contributed by atoms with Crippen molar-refractivity contribution in [2.24, 2.45) is 0 Å². The highest BCUT2D eigenvalue weighted by Gasteiger charge is 2.33. The number of imidazole rings is 1. The van der Waals surface area contributed by atoms with E-state index in [9.17, 15) is 4.79 Å². The third kappa shape index (κ3) is 2.71. The molecule has 0 fully saturated rings. The van der Waals surface area contributed by atoms with E-state index in [2.05, 4.69) is 29.0 Å². The number of rotatable bonds is 4. The second-order valence-corrected chi connectivity index (χ2v) is 5.52. The fraction of sp³-hybridized carbons (Fsp3) is 0.412. The number of aromatic nitrogens is 2. The smallest absolute Gasteiger partial charge is 0.223 e. The molecule has 0 saturated carbocycles. The molecule has 1 N–H and O–H groups in total. The van der Waals surface area contributed by atoms with Gasteiger partial charge in [-0.3, -0.25) is 4.79 Å². The third-order valence-electron chi connectivity index (χ3n) is 4.10. The number of fused-ring (bicyclic) bond motifs is 1. The van der Waals surface area contributed by atoms with Crippen molar-refractivity contribution in [2.75, 3.05) is 6.54 Å². The van der Waals surface area contributed by atoms with E-state index in [0.717, 1.165) is 42.8 Å². The average Bonchev–Trinajstić information content (AvgIpc) is 3.01. The number of carbonyl (C=O) groups excluding carboxylic acids is 1. The molecule has 21 heavy (non-hydrogen) atoms. The Morgan fingerprint density at radius 2 is 2.19 bits per heavy atom. The van der Waals surface area contributed by atoms with Crippen LogP contribution in [-0.4, -0.2) is 27.3 Å². The van der Waals surface area contributed by atoms with Crippen LogP contribution in [0.3, 0.4) is 0 Å². The van der Waals surface area contributed by atoms with Crippen LogP contribution in [0.1, 0.15) is 49.2 Å². The molecule has 110 valence electrons. The number of unbranched alkanes of at least 4 members (excludes halogenated alkanes) is 1. The Kier molecular flexibility index (Phi) is 4.04. The van der Waals surface area contributed by atoms with Gasteiger partial charge in [-0.1, -0.05) is 43.7 Å². The quantitative estimate of drug-likeness (QED) is 0.937. The van der Waals surface area contributed by atoms with Crippen molar-refractivity contribution >= 4 is 5.91 Å². The number of carbonyl (C=O) groups is 1. The summed E-state index contributed by atoms with van der Waals surface area (Å²) in [5.74, 6) is 0.236. The molecule has 1 aromatic carbocycles. The highest BCUT2D eigenvalue weighted by molar-refractivity contribution is 5.77. The number of hydrogen-bond acceptors (Lipinski definition) is 2. The maximum atomic E-state index is 12.6. The van der Waals surface area contributed by atoms with Crippen LogP contribution in [0.25, 0.3) is 0 Å². The van der Waals surface area contributed by atoms with E-state index in [1.165, 1.54) is 0 Å². The summed E-state index contributed by atoms with van der Waals surface area (Å²) < 4.78 is 0. The SMILES string of the molecule is CCCCC(=O)N1CCc2[nH]cnc2C1c1ccccc1. The van der Waals surface area contributed by atoms with E-state index in [-0.39, 0.29) is 11.9 Å². The van der Waals surface area contributed by atoms with Crippen LogP contribution in [-0.2, 0) is 11.2 Å². The van der Waals surface area contributed by atoms with Crippen molar-refractivity contribution < 1.29 is 4.79 Å². The number of amides is 1. The van der Waals surface area contributed by atoms with Crippen LogP contribution >= 0.6 is 0 Å². The Hall–Kier alpha value is -2.10. The molecule has 3 rings (SSSR count). The van der Waals surface area contributed by atoms with Gasteiger partial charge in [-0.15, -0.1) is 0 Å². The Bertz CT molecular complexity index is 606. The van der Waals surface area contributed by atoms with Crippen LogP contribution in [0.15, 0.2) is 36.7 Å². The fourth-order valence-electron chi connectivity index (χ4n) is 2.99. The normalized spacial score (nSPS) is 17.6. The number of benzene rings is 1. The lowest BCUT2D eigenvalue weighted by Crippen LogP contribution is -2.40. The van der Waals surface area contributed by atoms with E-state index in [1.807, 2.05) is 23.1 Å². The van der Waals surface area contributed by atoms with E-state index >= 15 is 0 Å². The number of aromatic amines is 1. The molecule has 1 aliphatic rings. The topological polar surface area (TPSA) is 49.0 Å². The molecular weight excluding hydrogens is 262 g/mol. The van der Waals surface area contributed by atoms with Crippen molar-refractivity contribution in [1.29, 1.82) is 0 Å². The van der Waals surface area contributed by atoms with Gasteiger partial charge in [-0.2, -0.15) is 0 Å². The van der Waals surface area contributed by atoms with Crippen LogP contribution in [0.2, 0.25) is 0 Å². The van der Waals surface area contributed by atoms with E-state index in [4.69, 9.17) is 0 Å². The molecule has 0 aliphatic carbocycles. The molecule has 1 aromatic heterocycles.